The summed E-state index contributed by atoms with van der Waals surface area (Å²) in [6, 6.07) is 15.3. The van der Waals surface area contributed by atoms with Crippen molar-refractivity contribution in [2.24, 2.45) is 0 Å². The Balaban J connectivity index is 1.74. The third-order valence-corrected chi connectivity index (χ3v) is 6.36. The maximum absolute atomic E-state index is 13.4. The molecule has 0 bridgehead atoms. The Morgan fingerprint density at radius 2 is 1.70 bits per heavy atom. The van der Waals surface area contributed by atoms with Gasteiger partial charge in [-0.3, -0.25) is 9.59 Å². The number of benzene rings is 2. The van der Waals surface area contributed by atoms with Crippen LogP contribution in [0, 0.1) is 0 Å². The van der Waals surface area contributed by atoms with Crippen LogP contribution in [0.5, 0.6) is 11.5 Å². The number of ether oxygens (including phenoxy) is 2. The first kappa shape index (κ1) is 24.6. The van der Waals surface area contributed by atoms with E-state index < -0.39 is 6.04 Å². The maximum atomic E-state index is 13.4. The number of carbonyl (C=O) groups excluding carboxylic acids is 2. The number of hydrogen-bond acceptors (Lipinski definition) is 4. The van der Waals surface area contributed by atoms with Gasteiger partial charge in [0, 0.05) is 19.0 Å². The summed E-state index contributed by atoms with van der Waals surface area (Å²) in [5.41, 5.74) is 2.01. The Kier molecular flexibility index (Phi) is 9.16. The van der Waals surface area contributed by atoms with E-state index in [1.165, 1.54) is 0 Å². The van der Waals surface area contributed by atoms with Gasteiger partial charge >= 0.3 is 0 Å². The first-order valence-corrected chi connectivity index (χ1v) is 11.9. The predicted molar refractivity (Wildman–Crippen MR) is 129 cm³/mol. The molecule has 1 saturated carbocycles. The zero-order chi connectivity index (χ0) is 23.6. The van der Waals surface area contributed by atoms with Crippen LogP contribution in [0.4, 0.5) is 0 Å². The molecule has 33 heavy (non-hydrogen) atoms. The number of amides is 2. The molecule has 178 valence electrons. The van der Waals surface area contributed by atoms with Gasteiger partial charge in [0.05, 0.1) is 14.2 Å². The number of rotatable bonds is 11. The van der Waals surface area contributed by atoms with E-state index in [1.807, 2.05) is 55.5 Å². The Labute approximate surface area is 197 Å². The van der Waals surface area contributed by atoms with Crippen molar-refractivity contribution in [1.82, 2.24) is 10.2 Å². The lowest BCUT2D eigenvalue weighted by atomic mass is 10.1. The number of nitrogens with zero attached hydrogens (tertiary/aromatic N) is 1. The van der Waals surface area contributed by atoms with Gasteiger partial charge in [-0.05, 0) is 48.9 Å². The van der Waals surface area contributed by atoms with Gasteiger partial charge in [0.1, 0.15) is 6.04 Å². The molecule has 6 heteroatoms. The van der Waals surface area contributed by atoms with Gasteiger partial charge < -0.3 is 19.7 Å². The van der Waals surface area contributed by atoms with Gasteiger partial charge in [-0.25, -0.2) is 0 Å². The fraction of sp³-hybridized carbons (Fsp3) is 0.481. The number of methoxy groups -OCH3 is 2. The second-order valence-electron chi connectivity index (χ2n) is 8.61. The highest BCUT2D eigenvalue weighted by atomic mass is 16.5. The lowest BCUT2D eigenvalue weighted by Gasteiger charge is -2.31. The van der Waals surface area contributed by atoms with E-state index in [0.717, 1.165) is 36.8 Å². The molecular formula is C27H36N2O4. The van der Waals surface area contributed by atoms with Crippen molar-refractivity contribution in [3.05, 3.63) is 59.7 Å². The molecule has 0 aromatic heterocycles. The van der Waals surface area contributed by atoms with Crippen LogP contribution < -0.4 is 14.8 Å². The standard InChI is InChI=1S/C27H36N2O4/c1-4-23(27(31)28-22-12-8-9-13-22)29(19-21-10-6-5-7-11-21)26(30)17-15-20-14-16-24(32-2)25(18-20)33-3/h5-7,10-11,14,16,18,22-23H,4,8-9,12-13,15,17,19H2,1-3H3,(H,28,31)/t23-/m0/s1. The van der Waals surface area contributed by atoms with Crippen molar-refractivity contribution in [1.29, 1.82) is 0 Å². The Hall–Kier alpha value is -3.02. The minimum atomic E-state index is -0.483. The summed E-state index contributed by atoms with van der Waals surface area (Å²) in [5, 5.41) is 3.19. The third kappa shape index (κ3) is 6.73. The van der Waals surface area contributed by atoms with E-state index in [0.29, 0.717) is 37.3 Å². The molecule has 1 aliphatic rings. The molecule has 1 atom stereocenters. The molecule has 2 aromatic carbocycles. The minimum absolute atomic E-state index is 0.0259. The fourth-order valence-electron chi connectivity index (χ4n) is 4.50. The second-order valence-corrected chi connectivity index (χ2v) is 8.61. The molecule has 3 rings (SSSR count). The number of aryl methyl sites for hydroxylation is 1. The van der Waals surface area contributed by atoms with E-state index in [-0.39, 0.29) is 17.9 Å². The molecule has 1 fully saturated rings. The van der Waals surface area contributed by atoms with Crippen molar-refractivity contribution < 1.29 is 19.1 Å². The first-order valence-electron chi connectivity index (χ1n) is 11.9. The molecule has 0 spiro atoms. The van der Waals surface area contributed by atoms with Gasteiger partial charge in [-0.15, -0.1) is 0 Å². The van der Waals surface area contributed by atoms with Crippen molar-refractivity contribution in [3.63, 3.8) is 0 Å². The molecule has 1 N–H and O–H groups in total. The van der Waals surface area contributed by atoms with Crippen LogP contribution in [0.2, 0.25) is 0 Å². The molecule has 0 aliphatic heterocycles. The zero-order valence-electron chi connectivity index (χ0n) is 20.0. The highest BCUT2D eigenvalue weighted by molar-refractivity contribution is 5.88. The average Bonchev–Trinajstić information content (AvgIpc) is 3.35. The van der Waals surface area contributed by atoms with Crippen molar-refractivity contribution in [2.75, 3.05) is 14.2 Å². The molecule has 2 amide bonds. The fourth-order valence-corrected chi connectivity index (χ4v) is 4.50. The summed E-state index contributed by atoms with van der Waals surface area (Å²) in [4.78, 5) is 28.3. The van der Waals surface area contributed by atoms with Gasteiger partial charge in [0.15, 0.2) is 11.5 Å². The van der Waals surface area contributed by atoms with E-state index in [2.05, 4.69) is 5.32 Å². The van der Waals surface area contributed by atoms with E-state index in [9.17, 15) is 9.59 Å². The maximum Gasteiger partial charge on any atom is 0.243 e. The molecule has 2 aromatic rings. The lowest BCUT2D eigenvalue weighted by molar-refractivity contribution is -0.141. The molecule has 0 heterocycles. The summed E-state index contributed by atoms with van der Waals surface area (Å²) >= 11 is 0. The van der Waals surface area contributed by atoms with Crippen LogP contribution in [0.3, 0.4) is 0 Å². The topological polar surface area (TPSA) is 67.9 Å². The summed E-state index contributed by atoms with van der Waals surface area (Å²) in [6.07, 6.45) is 5.80. The van der Waals surface area contributed by atoms with Crippen molar-refractivity contribution in [3.8, 4) is 11.5 Å². The Bertz CT molecular complexity index is 910. The first-order chi connectivity index (χ1) is 16.0. The Morgan fingerprint density at radius 1 is 1.00 bits per heavy atom. The monoisotopic (exact) mass is 452 g/mol. The van der Waals surface area contributed by atoms with Gasteiger partial charge in [0.25, 0.3) is 0 Å². The smallest absolute Gasteiger partial charge is 0.243 e. The van der Waals surface area contributed by atoms with Crippen LogP contribution in [-0.4, -0.2) is 43.0 Å². The number of hydrogen-bond donors (Lipinski definition) is 1. The average molecular weight is 453 g/mol. The Morgan fingerprint density at radius 3 is 2.33 bits per heavy atom. The van der Waals surface area contributed by atoms with E-state index in [4.69, 9.17) is 9.47 Å². The van der Waals surface area contributed by atoms with E-state index >= 15 is 0 Å². The molecule has 1 aliphatic carbocycles. The third-order valence-electron chi connectivity index (χ3n) is 6.36. The summed E-state index contributed by atoms with van der Waals surface area (Å²) < 4.78 is 10.7. The number of carbonyl (C=O) groups is 2. The molecule has 0 saturated heterocycles. The van der Waals surface area contributed by atoms with Crippen LogP contribution in [-0.2, 0) is 22.6 Å². The van der Waals surface area contributed by atoms with Gasteiger partial charge in [-0.1, -0.05) is 56.2 Å². The van der Waals surface area contributed by atoms with Crippen LogP contribution in [0.25, 0.3) is 0 Å². The largest absolute Gasteiger partial charge is 0.493 e. The van der Waals surface area contributed by atoms with Gasteiger partial charge in [-0.2, -0.15) is 0 Å². The normalized spacial score (nSPS) is 14.5. The van der Waals surface area contributed by atoms with Crippen molar-refractivity contribution >= 4 is 11.8 Å². The zero-order valence-corrected chi connectivity index (χ0v) is 20.0. The quantitative estimate of drug-likeness (QED) is 0.545. The minimum Gasteiger partial charge on any atom is -0.493 e. The van der Waals surface area contributed by atoms with E-state index in [1.54, 1.807) is 19.1 Å². The van der Waals surface area contributed by atoms with Gasteiger partial charge in [0.2, 0.25) is 11.8 Å². The predicted octanol–water partition coefficient (Wildman–Crippen LogP) is 4.50. The summed E-state index contributed by atoms with van der Waals surface area (Å²) in [5.74, 6) is 1.24. The highest BCUT2D eigenvalue weighted by Gasteiger charge is 2.30. The molecule has 0 unspecified atom stereocenters. The van der Waals surface area contributed by atoms with Crippen LogP contribution in [0.15, 0.2) is 48.5 Å². The summed E-state index contributed by atoms with van der Waals surface area (Å²) in [6.45, 7) is 2.39. The highest BCUT2D eigenvalue weighted by Crippen LogP contribution is 2.28. The second kappa shape index (κ2) is 12.3. The number of nitrogens with one attached hydrogen (secondary N) is 1. The molecular weight excluding hydrogens is 416 g/mol. The lowest BCUT2D eigenvalue weighted by Crippen LogP contribution is -2.51. The summed E-state index contributed by atoms with van der Waals surface area (Å²) in [7, 11) is 3.20. The molecule has 6 nitrogen and oxygen atoms in total. The van der Waals surface area contributed by atoms with Crippen LogP contribution >= 0.6 is 0 Å². The SMILES string of the molecule is CC[C@@H](C(=O)NC1CCCC1)N(Cc1ccccc1)C(=O)CCc1ccc(OC)c(OC)c1. The van der Waals surface area contributed by atoms with Crippen molar-refractivity contribution in [2.45, 2.75) is 70.5 Å². The van der Waals surface area contributed by atoms with Crippen LogP contribution in [0.1, 0.15) is 56.6 Å². The molecule has 0 radical (unpaired) electrons.